The van der Waals surface area contributed by atoms with Crippen LogP contribution < -0.4 is 4.74 Å². The van der Waals surface area contributed by atoms with Gasteiger partial charge in [-0.15, -0.1) is 0 Å². The van der Waals surface area contributed by atoms with Gasteiger partial charge >= 0.3 is 5.97 Å². The molecule has 1 aliphatic heterocycles. The van der Waals surface area contributed by atoms with Crippen molar-refractivity contribution in [3.8, 4) is 5.75 Å². The van der Waals surface area contributed by atoms with Crippen molar-refractivity contribution in [2.45, 2.75) is 20.0 Å². The molecule has 3 rings (SSSR count). The second-order valence-corrected chi connectivity index (χ2v) is 5.48. The van der Waals surface area contributed by atoms with Crippen LogP contribution in [0.25, 0.3) is 0 Å². The van der Waals surface area contributed by atoms with E-state index in [4.69, 9.17) is 9.84 Å². The molecule has 1 aliphatic rings. The highest BCUT2D eigenvalue weighted by atomic mass is 16.5. The van der Waals surface area contributed by atoms with E-state index in [9.17, 15) is 9.59 Å². The molecule has 120 valence electrons. The maximum Gasteiger partial charge on any atom is 0.335 e. The maximum atomic E-state index is 12.7. The van der Waals surface area contributed by atoms with Gasteiger partial charge in [0.05, 0.1) is 37.2 Å². The van der Waals surface area contributed by atoms with Gasteiger partial charge in [-0.2, -0.15) is 5.10 Å². The third kappa shape index (κ3) is 2.90. The lowest BCUT2D eigenvalue weighted by molar-refractivity contribution is 0.0696. The van der Waals surface area contributed by atoms with Crippen LogP contribution in [0.2, 0.25) is 0 Å². The lowest BCUT2D eigenvalue weighted by Crippen LogP contribution is -2.38. The van der Waals surface area contributed by atoms with Crippen LogP contribution in [0.5, 0.6) is 5.75 Å². The van der Waals surface area contributed by atoms with Crippen molar-refractivity contribution in [2.24, 2.45) is 0 Å². The molecule has 2 heterocycles. The highest BCUT2D eigenvalue weighted by Crippen LogP contribution is 2.21. The third-order valence-electron chi connectivity index (χ3n) is 3.84. The second kappa shape index (κ2) is 5.75. The predicted molar refractivity (Wildman–Crippen MR) is 81.7 cm³/mol. The van der Waals surface area contributed by atoms with E-state index in [1.54, 1.807) is 11.0 Å². The van der Waals surface area contributed by atoms with E-state index in [1.165, 1.54) is 19.2 Å². The summed E-state index contributed by atoms with van der Waals surface area (Å²) in [6.45, 7) is 3.54. The van der Waals surface area contributed by atoms with Crippen molar-refractivity contribution >= 4 is 11.9 Å². The predicted octanol–water partition coefficient (Wildman–Crippen LogP) is 1.55. The van der Waals surface area contributed by atoms with E-state index in [1.807, 2.05) is 17.7 Å². The Morgan fingerprint density at radius 1 is 1.17 bits per heavy atom. The van der Waals surface area contributed by atoms with Crippen molar-refractivity contribution in [1.29, 1.82) is 0 Å². The van der Waals surface area contributed by atoms with Gasteiger partial charge in [0.1, 0.15) is 5.75 Å². The molecule has 1 aromatic heterocycles. The summed E-state index contributed by atoms with van der Waals surface area (Å²) < 4.78 is 6.99. The first-order valence-corrected chi connectivity index (χ1v) is 7.23. The minimum absolute atomic E-state index is 0.0330. The summed E-state index contributed by atoms with van der Waals surface area (Å²) in [6.07, 6.45) is 0. The topological polar surface area (TPSA) is 84.7 Å². The quantitative estimate of drug-likeness (QED) is 0.929. The first-order valence-electron chi connectivity index (χ1n) is 7.23. The number of aryl methyl sites for hydroxylation is 1. The molecule has 1 amide bonds. The number of rotatable bonds is 3. The largest absolute Gasteiger partial charge is 0.497 e. The van der Waals surface area contributed by atoms with Crippen molar-refractivity contribution in [2.75, 3.05) is 13.7 Å². The van der Waals surface area contributed by atoms with Gasteiger partial charge in [-0.3, -0.25) is 9.48 Å². The number of methoxy groups -OCH3 is 1. The molecule has 0 radical (unpaired) electrons. The summed E-state index contributed by atoms with van der Waals surface area (Å²) in [5.74, 6) is -0.951. The van der Waals surface area contributed by atoms with Crippen molar-refractivity contribution < 1.29 is 19.4 Å². The number of carboxylic acids is 1. The number of nitrogens with zero attached hydrogens (tertiary/aromatic N) is 3. The number of ether oxygens (including phenoxy) is 1. The molecule has 0 bridgehead atoms. The van der Waals surface area contributed by atoms with Crippen LogP contribution in [0.15, 0.2) is 24.3 Å². The van der Waals surface area contributed by atoms with Gasteiger partial charge in [0.2, 0.25) is 0 Å². The Labute approximate surface area is 133 Å². The van der Waals surface area contributed by atoms with Gasteiger partial charge in [-0.1, -0.05) is 0 Å². The first kappa shape index (κ1) is 15.1. The highest BCUT2D eigenvalue weighted by Gasteiger charge is 2.24. The Hall–Kier alpha value is -2.83. The minimum atomic E-state index is -1.09. The van der Waals surface area contributed by atoms with Gasteiger partial charge in [-0.05, 0) is 31.2 Å². The number of carbonyl (C=O) groups is 2. The molecule has 0 unspecified atom stereocenters. The summed E-state index contributed by atoms with van der Waals surface area (Å²) in [5, 5.41) is 13.5. The zero-order chi connectivity index (χ0) is 16.6. The summed E-state index contributed by atoms with van der Waals surface area (Å²) in [7, 11) is 1.44. The molecule has 23 heavy (non-hydrogen) atoms. The van der Waals surface area contributed by atoms with Crippen LogP contribution in [-0.2, 0) is 13.1 Å². The van der Waals surface area contributed by atoms with Gasteiger partial charge < -0.3 is 14.7 Å². The number of carbonyl (C=O) groups excluding carboxylic acids is 1. The van der Waals surface area contributed by atoms with Crippen LogP contribution in [0, 0.1) is 6.92 Å². The van der Waals surface area contributed by atoms with Crippen LogP contribution in [0.1, 0.15) is 32.1 Å². The Morgan fingerprint density at radius 3 is 2.61 bits per heavy atom. The summed E-state index contributed by atoms with van der Waals surface area (Å²) >= 11 is 0. The number of benzene rings is 1. The van der Waals surface area contributed by atoms with E-state index >= 15 is 0 Å². The zero-order valence-corrected chi connectivity index (χ0v) is 12.9. The van der Waals surface area contributed by atoms with E-state index in [0.717, 1.165) is 11.4 Å². The lowest BCUT2D eigenvalue weighted by Gasteiger charge is -2.28. The van der Waals surface area contributed by atoms with Crippen LogP contribution >= 0.6 is 0 Å². The van der Waals surface area contributed by atoms with E-state index in [0.29, 0.717) is 30.9 Å². The molecule has 0 atom stereocenters. The zero-order valence-electron chi connectivity index (χ0n) is 12.9. The molecule has 1 aromatic carbocycles. The molecule has 0 saturated carbocycles. The second-order valence-electron chi connectivity index (χ2n) is 5.48. The Balaban J connectivity index is 1.89. The molecule has 0 spiro atoms. The minimum Gasteiger partial charge on any atom is -0.497 e. The number of hydrogen-bond donors (Lipinski definition) is 1. The van der Waals surface area contributed by atoms with E-state index in [2.05, 4.69) is 5.10 Å². The maximum absolute atomic E-state index is 12.7. The molecule has 2 aromatic rings. The molecule has 1 N–H and O–H groups in total. The number of aromatic nitrogens is 2. The van der Waals surface area contributed by atoms with E-state index in [-0.39, 0.29) is 11.5 Å². The van der Waals surface area contributed by atoms with Crippen molar-refractivity contribution in [3.05, 3.63) is 46.8 Å². The summed E-state index contributed by atoms with van der Waals surface area (Å²) in [5.41, 5.74) is 2.24. The van der Waals surface area contributed by atoms with Crippen LogP contribution in [0.4, 0.5) is 0 Å². The average Bonchev–Trinajstić information content (AvgIpc) is 2.92. The molecular weight excluding hydrogens is 298 g/mol. The van der Waals surface area contributed by atoms with Gasteiger partial charge in [-0.25, -0.2) is 4.79 Å². The Bertz CT molecular complexity index is 782. The Morgan fingerprint density at radius 2 is 1.91 bits per heavy atom. The number of hydrogen-bond acceptors (Lipinski definition) is 4. The standard InChI is InChI=1S/C16H17N3O4/c1-10-5-13-9-18(3-4-19(13)17-10)15(20)11-6-12(16(21)22)8-14(7-11)23-2/h5-8H,3-4,9H2,1-2H3,(H,21,22). The number of carboxylic acid groups (broad SMARTS) is 1. The molecular formula is C16H17N3O4. The summed E-state index contributed by atoms with van der Waals surface area (Å²) in [6, 6.07) is 6.29. The fourth-order valence-electron chi connectivity index (χ4n) is 2.73. The van der Waals surface area contributed by atoms with Gasteiger partial charge in [0, 0.05) is 12.1 Å². The van der Waals surface area contributed by atoms with Gasteiger partial charge in [0.25, 0.3) is 5.91 Å². The number of fused-ring (bicyclic) bond motifs is 1. The molecule has 0 aliphatic carbocycles. The van der Waals surface area contributed by atoms with Crippen molar-refractivity contribution in [3.63, 3.8) is 0 Å². The normalized spacial score (nSPS) is 13.6. The van der Waals surface area contributed by atoms with E-state index < -0.39 is 5.97 Å². The summed E-state index contributed by atoms with van der Waals surface area (Å²) in [4.78, 5) is 25.6. The first-order chi connectivity index (χ1) is 11.0. The smallest absolute Gasteiger partial charge is 0.335 e. The SMILES string of the molecule is COc1cc(C(=O)O)cc(C(=O)N2CCn3nc(C)cc3C2)c1. The van der Waals surface area contributed by atoms with Crippen LogP contribution in [-0.4, -0.2) is 45.3 Å². The van der Waals surface area contributed by atoms with Gasteiger partial charge in [0.15, 0.2) is 0 Å². The average molecular weight is 315 g/mol. The Kier molecular flexibility index (Phi) is 3.77. The number of amides is 1. The third-order valence-corrected chi connectivity index (χ3v) is 3.84. The monoisotopic (exact) mass is 315 g/mol. The van der Waals surface area contributed by atoms with Crippen LogP contribution in [0.3, 0.4) is 0 Å². The fraction of sp³-hybridized carbons (Fsp3) is 0.312. The fourth-order valence-corrected chi connectivity index (χ4v) is 2.73. The molecule has 7 nitrogen and oxygen atoms in total. The molecule has 0 fully saturated rings. The molecule has 7 heteroatoms. The number of aromatic carboxylic acids is 1. The lowest BCUT2D eigenvalue weighted by atomic mass is 10.1. The molecule has 0 saturated heterocycles. The highest BCUT2D eigenvalue weighted by molar-refractivity contribution is 5.98. The van der Waals surface area contributed by atoms with Crippen molar-refractivity contribution in [1.82, 2.24) is 14.7 Å².